The number of hydrogen-bond donors (Lipinski definition) is 2. The molecule has 1 aliphatic rings. The molecular formula is C11H13BrClNO2. The fourth-order valence-corrected chi connectivity index (χ4v) is 2.62. The third kappa shape index (κ3) is 2.56. The van der Waals surface area contributed by atoms with Crippen LogP contribution in [0.3, 0.4) is 0 Å². The molecule has 0 bridgehead atoms. The maximum Gasteiger partial charge on any atom is 0.308 e. The number of aliphatic carboxylic acids is 1. The van der Waals surface area contributed by atoms with E-state index in [-0.39, 0.29) is 24.2 Å². The van der Waals surface area contributed by atoms with Gasteiger partial charge in [0.15, 0.2) is 0 Å². The highest BCUT2D eigenvalue weighted by molar-refractivity contribution is 9.10. The smallest absolute Gasteiger partial charge is 0.308 e. The number of nitrogens with one attached hydrogen (secondary N) is 1. The van der Waals surface area contributed by atoms with Crippen molar-refractivity contribution < 1.29 is 9.90 Å². The van der Waals surface area contributed by atoms with Gasteiger partial charge in [-0.05, 0) is 11.6 Å². The Labute approximate surface area is 109 Å². The van der Waals surface area contributed by atoms with Crippen LogP contribution in [0.2, 0.25) is 0 Å². The summed E-state index contributed by atoms with van der Waals surface area (Å²) in [5.41, 5.74) is 1.08. The monoisotopic (exact) mass is 305 g/mol. The maximum atomic E-state index is 11.0. The molecule has 3 nitrogen and oxygen atoms in total. The molecule has 2 N–H and O–H groups in total. The first kappa shape index (κ1) is 13.5. The molecular weight excluding hydrogens is 293 g/mol. The molecule has 88 valence electrons. The van der Waals surface area contributed by atoms with Crippen LogP contribution in [0, 0.1) is 5.92 Å². The van der Waals surface area contributed by atoms with E-state index in [4.69, 9.17) is 5.11 Å². The first-order chi connectivity index (χ1) is 7.20. The van der Waals surface area contributed by atoms with Crippen LogP contribution in [-0.4, -0.2) is 24.2 Å². The van der Waals surface area contributed by atoms with E-state index in [9.17, 15) is 4.79 Å². The summed E-state index contributed by atoms with van der Waals surface area (Å²) in [6.07, 6.45) is 0. The van der Waals surface area contributed by atoms with Crippen molar-refractivity contribution in [1.82, 2.24) is 5.32 Å². The fraction of sp³-hybridized carbons (Fsp3) is 0.364. The van der Waals surface area contributed by atoms with Gasteiger partial charge >= 0.3 is 5.97 Å². The van der Waals surface area contributed by atoms with E-state index in [1.165, 1.54) is 0 Å². The van der Waals surface area contributed by atoms with Gasteiger partial charge in [-0.15, -0.1) is 12.4 Å². The maximum absolute atomic E-state index is 11.0. The summed E-state index contributed by atoms with van der Waals surface area (Å²) in [6, 6.07) is 7.81. The first-order valence-corrected chi connectivity index (χ1v) is 5.67. The Morgan fingerprint density at radius 2 is 2.06 bits per heavy atom. The van der Waals surface area contributed by atoms with Gasteiger partial charge in [0.25, 0.3) is 0 Å². The predicted octanol–water partition coefficient (Wildman–Crippen LogP) is 2.26. The Bertz CT molecular complexity index is 386. The van der Waals surface area contributed by atoms with E-state index in [0.29, 0.717) is 6.54 Å². The number of halogens is 2. The van der Waals surface area contributed by atoms with Crippen LogP contribution in [0.1, 0.15) is 11.5 Å². The third-order valence-electron chi connectivity index (χ3n) is 2.84. The third-order valence-corrected chi connectivity index (χ3v) is 3.56. The van der Waals surface area contributed by atoms with Gasteiger partial charge in [0.05, 0.1) is 5.92 Å². The SMILES string of the molecule is Cl.O=C(O)[C@@H]1CNC[C@H]1c1ccccc1Br. The molecule has 2 atom stereocenters. The molecule has 0 aromatic heterocycles. The van der Waals surface area contributed by atoms with Crippen molar-refractivity contribution in [2.75, 3.05) is 13.1 Å². The lowest BCUT2D eigenvalue weighted by Gasteiger charge is -2.16. The van der Waals surface area contributed by atoms with Crippen molar-refractivity contribution in [3.05, 3.63) is 34.3 Å². The second-order valence-electron chi connectivity index (χ2n) is 3.73. The van der Waals surface area contributed by atoms with Crippen LogP contribution in [0.25, 0.3) is 0 Å². The summed E-state index contributed by atoms with van der Waals surface area (Å²) in [4.78, 5) is 11.0. The minimum atomic E-state index is -0.722. The summed E-state index contributed by atoms with van der Waals surface area (Å²) < 4.78 is 0.991. The zero-order valence-corrected chi connectivity index (χ0v) is 10.9. The highest BCUT2D eigenvalue weighted by Gasteiger charge is 2.34. The van der Waals surface area contributed by atoms with Crippen LogP contribution in [0.4, 0.5) is 0 Å². The van der Waals surface area contributed by atoms with Crippen molar-refractivity contribution in [2.24, 2.45) is 5.92 Å². The predicted molar refractivity (Wildman–Crippen MR) is 68.1 cm³/mol. The number of carbonyl (C=O) groups is 1. The lowest BCUT2D eigenvalue weighted by atomic mass is 9.89. The van der Waals surface area contributed by atoms with Crippen LogP contribution in [-0.2, 0) is 4.79 Å². The molecule has 0 unspecified atom stereocenters. The summed E-state index contributed by atoms with van der Waals surface area (Å²) >= 11 is 3.46. The van der Waals surface area contributed by atoms with Crippen molar-refractivity contribution in [3.63, 3.8) is 0 Å². The topological polar surface area (TPSA) is 49.3 Å². The van der Waals surface area contributed by atoms with Crippen LogP contribution < -0.4 is 5.32 Å². The summed E-state index contributed by atoms with van der Waals surface area (Å²) in [6.45, 7) is 1.29. The number of benzene rings is 1. The van der Waals surface area contributed by atoms with Crippen molar-refractivity contribution >= 4 is 34.3 Å². The van der Waals surface area contributed by atoms with Gasteiger partial charge in [-0.25, -0.2) is 0 Å². The van der Waals surface area contributed by atoms with Gasteiger partial charge in [0.1, 0.15) is 0 Å². The average Bonchev–Trinajstić information content (AvgIpc) is 2.67. The van der Waals surface area contributed by atoms with Crippen molar-refractivity contribution in [2.45, 2.75) is 5.92 Å². The molecule has 0 amide bonds. The van der Waals surface area contributed by atoms with E-state index < -0.39 is 5.97 Å². The number of rotatable bonds is 2. The number of carboxylic acid groups (broad SMARTS) is 1. The first-order valence-electron chi connectivity index (χ1n) is 4.88. The molecule has 1 aromatic carbocycles. The van der Waals surface area contributed by atoms with Gasteiger partial charge in [0, 0.05) is 23.5 Å². The largest absolute Gasteiger partial charge is 0.481 e. The Hall–Kier alpha value is -0.580. The molecule has 1 aromatic rings. The number of hydrogen-bond acceptors (Lipinski definition) is 2. The van der Waals surface area contributed by atoms with E-state index in [0.717, 1.165) is 16.6 Å². The second-order valence-corrected chi connectivity index (χ2v) is 4.59. The van der Waals surface area contributed by atoms with Gasteiger partial charge in [-0.3, -0.25) is 4.79 Å². The van der Waals surface area contributed by atoms with Gasteiger partial charge in [-0.1, -0.05) is 34.1 Å². The molecule has 1 fully saturated rings. The van der Waals surface area contributed by atoms with Crippen molar-refractivity contribution in [3.8, 4) is 0 Å². The van der Waals surface area contributed by atoms with E-state index >= 15 is 0 Å². The fourth-order valence-electron chi connectivity index (χ4n) is 2.04. The second kappa shape index (κ2) is 5.66. The Balaban J connectivity index is 0.00000128. The summed E-state index contributed by atoms with van der Waals surface area (Å²) in [5, 5.41) is 12.2. The quantitative estimate of drug-likeness (QED) is 0.881. The molecule has 1 saturated heterocycles. The average molecular weight is 307 g/mol. The molecule has 0 aliphatic carbocycles. The Kier molecular flexibility index (Phi) is 4.77. The summed E-state index contributed by atoms with van der Waals surface area (Å²) in [7, 11) is 0. The van der Waals surface area contributed by atoms with Gasteiger partial charge in [-0.2, -0.15) is 0 Å². The van der Waals surface area contributed by atoms with Gasteiger partial charge < -0.3 is 10.4 Å². The zero-order valence-electron chi connectivity index (χ0n) is 8.52. The normalized spacial score (nSPS) is 23.8. The zero-order chi connectivity index (χ0) is 10.8. The van der Waals surface area contributed by atoms with Crippen LogP contribution in [0.15, 0.2) is 28.7 Å². The van der Waals surface area contributed by atoms with Crippen LogP contribution in [0.5, 0.6) is 0 Å². The molecule has 5 heteroatoms. The minimum Gasteiger partial charge on any atom is -0.481 e. The highest BCUT2D eigenvalue weighted by atomic mass is 79.9. The molecule has 0 saturated carbocycles. The lowest BCUT2D eigenvalue weighted by molar-refractivity contribution is -0.141. The van der Waals surface area contributed by atoms with E-state index in [1.54, 1.807) is 0 Å². The van der Waals surface area contributed by atoms with E-state index in [1.807, 2.05) is 24.3 Å². The standard InChI is InChI=1S/C11H12BrNO2.ClH/c12-10-4-2-1-3-7(10)8-5-13-6-9(8)11(14)15;/h1-4,8-9,13H,5-6H2,(H,14,15);1H/t8-,9+;/m0./s1. The van der Waals surface area contributed by atoms with Crippen LogP contribution >= 0.6 is 28.3 Å². The minimum absolute atomic E-state index is 0. The summed E-state index contributed by atoms with van der Waals surface area (Å²) in [5.74, 6) is -0.970. The highest BCUT2D eigenvalue weighted by Crippen LogP contribution is 2.32. The molecule has 16 heavy (non-hydrogen) atoms. The van der Waals surface area contributed by atoms with Crippen molar-refractivity contribution in [1.29, 1.82) is 0 Å². The molecule has 1 aliphatic heterocycles. The Morgan fingerprint density at radius 1 is 1.38 bits per heavy atom. The molecule has 0 radical (unpaired) electrons. The van der Waals surface area contributed by atoms with E-state index in [2.05, 4.69) is 21.2 Å². The lowest BCUT2D eigenvalue weighted by Crippen LogP contribution is -2.21. The Morgan fingerprint density at radius 3 is 2.69 bits per heavy atom. The molecule has 0 spiro atoms. The number of carboxylic acids is 1. The molecule has 2 rings (SSSR count). The van der Waals surface area contributed by atoms with Gasteiger partial charge in [0.2, 0.25) is 0 Å². The molecule has 1 heterocycles.